The summed E-state index contributed by atoms with van der Waals surface area (Å²) in [5.41, 5.74) is 4.64. The van der Waals surface area contributed by atoms with E-state index in [-0.39, 0.29) is 0 Å². The number of pyridine rings is 1. The van der Waals surface area contributed by atoms with Crippen molar-refractivity contribution < 1.29 is 0 Å². The van der Waals surface area contributed by atoms with Gasteiger partial charge in [-0.25, -0.2) is 9.97 Å². The van der Waals surface area contributed by atoms with Crippen molar-refractivity contribution in [3.05, 3.63) is 59.4 Å². The molecule has 1 N–H and O–H groups in total. The Balaban J connectivity index is 1.59. The second kappa shape index (κ2) is 7.54. The van der Waals surface area contributed by atoms with Crippen molar-refractivity contribution in [1.29, 1.82) is 0 Å². The Morgan fingerprint density at radius 1 is 1.19 bits per heavy atom. The van der Waals surface area contributed by atoms with E-state index in [0.29, 0.717) is 12.0 Å². The molecule has 3 aromatic heterocycles. The fraction of sp³-hybridized carbons (Fsp3) is 0.476. The predicted molar refractivity (Wildman–Crippen MR) is 103 cm³/mol. The van der Waals surface area contributed by atoms with Gasteiger partial charge in [-0.15, -0.1) is 0 Å². The van der Waals surface area contributed by atoms with Crippen LogP contribution in [0.5, 0.6) is 0 Å². The van der Waals surface area contributed by atoms with Crippen LogP contribution in [0, 0.1) is 19.8 Å². The minimum absolute atomic E-state index is 0.341. The predicted octanol–water partition coefficient (Wildman–Crippen LogP) is 4.15. The van der Waals surface area contributed by atoms with Gasteiger partial charge in [0.05, 0.1) is 11.9 Å². The van der Waals surface area contributed by atoms with Gasteiger partial charge in [0, 0.05) is 36.4 Å². The van der Waals surface area contributed by atoms with Crippen LogP contribution in [-0.4, -0.2) is 19.4 Å². The van der Waals surface area contributed by atoms with Crippen LogP contribution in [0.3, 0.4) is 0 Å². The Kier molecular flexibility index (Phi) is 4.98. The Hall–Kier alpha value is -2.27. The largest absolute Gasteiger partial charge is 0.304 e. The van der Waals surface area contributed by atoms with E-state index in [4.69, 9.17) is 0 Å². The average molecular weight is 349 g/mol. The molecule has 0 unspecified atom stereocenters. The summed E-state index contributed by atoms with van der Waals surface area (Å²) >= 11 is 0. The molecule has 1 saturated carbocycles. The fourth-order valence-corrected chi connectivity index (χ4v) is 4.32. The number of aromatic nitrogens is 4. The standard InChI is InChI=1S/C21H27N5/c1-15-11-16(2)26-19(14-24-21(26)25-15)13-23-20(17-7-4-3-5-8-17)18-9-6-10-22-12-18/h6,9-12,14,17,20,23H,3-5,7-8,13H2,1-2H3/t20-/m1/s1. The summed E-state index contributed by atoms with van der Waals surface area (Å²) < 4.78 is 2.15. The van der Waals surface area contributed by atoms with Gasteiger partial charge in [-0.3, -0.25) is 9.38 Å². The first-order valence-electron chi connectivity index (χ1n) is 9.66. The smallest absolute Gasteiger partial charge is 0.234 e. The highest BCUT2D eigenvalue weighted by Crippen LogP contribution is 2.34. The molecule has 1 fully saturated rings. The molecule has 3 heterocycles. The van der Waals surface area contributed by atoms with Crippen LogP contribution < -0.4 is 5.32 Å². The van der Waals surface area contributed by atoms with E-state index in [2.05, 4.69) is 43.7 Å². The van der Waals surface area contributed by atoms with Gasteiger partial charge in [0.2, 0.25) is 5.78 Å². The van der Waals surface area contributed by atoms with Crippen LogP contribution in [0.1, 0.15) is 60.8 Å². The second-order valence-corrected chi connectivity index (χ2v) is 7.47. The van der Waals surface area contributed by atoms with Crippen LogP contribution in [0.4, 0.5) is 0 Å². The number of hydrogen-bond donors (Lipinski definition) is 1. The van der Waals surface area contributed by atoms with Crippen LogP contribution in [0.25, 0.3) is 5.78 Å². The van der Waals surface area contributed by atoms with E-state index in [1.807, 2.05) is 31.6 Å². The molecule has 1 aliphatic rings. The van der Waals surface area contributed by atoms with Crippen molar-refractivity contribution in [2.75, 3.05) is 0 Å². The van der Waals surface area contributed by atoms with Crippen molar-refractivity contribution in [1.82, 2.24) is 24.7 Å². The lowest BCUT2D eigenvalue weighted by atomic mass is 9.81. The van der Waals surface area contributed by atoms with Gasteiger partial charge in [0.25, 0.3) is 0 Å². The van der Waals surface area contributed by atoms with Gasteiger partial charge in [-0.05, 0) is 50.3 Å². The lowest BCUT2D eigenvalue weighted by Crippen LogP contribution is -2.30. The SMILES string of the molecule is Cc1cc(C)n2c(CN[C@@H](c3cccnc3)C3CCCCC3)cnc2n1. The summed E-state index contributed by atoms with van der Waals surface area (Å²) in [7, 11) is 0. The van der Waals surface area contributed by atoms with Gasteiger partial charge in [0.15, 0.2) is 0 Å². The zero-order valence-corrected chi connectivity index (χ0v) is 15.7. The topological polar surface area (TPSA) is 55.1 Å². The Bertz CT molecular complexity index is 865. The third-order valence-electron chi connectivity index (χ3n) is 5.53. The van der Waals surface area contributed by atoms with Crippen molar-refractivity contribution in [3.63, 3.8) is 0 Å². The zero-order chi connectivity index (χ0) is 17.9. The van der Waals surface area contributed by atoms with Gasteiger partial charge < -0.3 is 5.32 Å². The van der Waals surface area contributed by atoms with E-state index >= 15 is 0 Å². The van der Waals surface area contributed by atoms with Gasteiger partial charge in [-0.1, -0.05) is 25.3 Å². The second-order valence-electron chi connectivity index (χ2n) is 7.47. The number of hydrogen-bond acceptors (Lipinski definition) is 4. The maximum Gasteiger partial charge on any atom is 0.234 e. The molecule has 0 spiro atoms. The Morgan fingerprint density at radius 2 is 2.04 bits per heavy atom. The Morgan fingerprint density at radius 3 is 2.81 bits per heavy atom. The van der Waals surface area contributed by atoms with Crippen molar-refractivity contribution in [3.8, 4) is 0 Å². The number of fused-ring (bicyclic) bond motifs is 1. The highest BCUT2D eigenvalue weighted by Gasteiger charge is 2.25. The number of rotatable bonds is 5. The van der Waals surface area contributed by atoms with Crippen molar-refractivity contribution in [2.45, 2.75) is 58.5 Å². The Labute approximate surface area is 154 Å². The number of nitrogens with zero attached hydrogens (tertiary/aromatic N) is 4. The third-order valence-corrected chi connectivity index (χ3v) is 5.53. The molecular formula is C21H27N5. The molecule has 3 aromatic rings. The molecule has 0 aliphatic heterocycles. The molecule has 136 valence electrons. The molecule has 1 atom stereocenters. The molecule has 0 bridgehead atoms. The first-order valence-corrected chi connectivity index (χ1v) is 9.66. The maximum atomic E-state index is 4.55. The van der Waals surface area contributed by atoms with E-state index < -0.39 is 0 Å². The summed E-state index contributed by atoms with van der Waals surface area (Å²) in [5.74, 6) is 1.46. The lowest BCUT2D eigenvalue weighted by molar-refractivity contribution is 0.269. The average Bonchev–Trinajstić information content (AvgIpc) is 3.07. The van der Waals surface area contributed by atoms with Crippen LogP contribution in [0.15, 0.2) is 36.8 Å². The third kappa shape index (κ3) is 3.49. The summed E-state index contributed by atoms with van der Waals surface area (Å²) in [6.45, 7) is 4.91. The van der Waals surface area contributed by atoms with Gasteiger partial charge in [0.1, 0.15) is 0 Å². The monoisotopic (exact) mass is 349 g/mol. The quantitative estimate of drug-likeness (QED) is 0.752. The number of nitrogens with one attached hydrogen (secondary N) is 1. The van der Waals surface area contributed by atoms with E-state index in [0.717, 1.165) is 23.7 Å². The molecule has 0 aromatic carbocycles. The minimum atomic E-state index is 0.341. The molecule has 1 aliphatic carbocycles. The number of imidazole rings is 1. The molecule has 5 heteroatoms. The highest BCUT2D eigenvalue weighted by molar-refractivity contribution is 5.35. The summed E-state index contributed by atoms with van der Waals surface area (Å²) in [6.07, 6.45) is 12.4. The highest BCUT2D eigenvalue weighted by atomic mass is 15.1. The first-order chi connectivity index (χ1) is 12.7. The molecule has 26 heavy (non-hydrogen) atoms. The fourth-order valence-electron chi connectivity index (χ4n) is 4.32. The van der Waals surface area contributed by atoms with Crippen molar-refractivity contribution >= 4 is 5.78 Å². The first kappa shape index (κ1) is 17.2. The molecular weight excluding hydrogens is 322 g/mol. The lowest BCUT2D eigenvalue weighted by Gasteiger charge is -2.31. The van der Waals surface area contributed by atoms with Crippen LogP contribution in [0.2, 0.25) is 0 Å². The minimum Gasteiger partial charge on any atom is -0.304 e. The van der Waals surface area contributed by atoms with E-state index in [9.17, 15) is 0 Å². The summed E-state index contributed by atoms with van der Waals surface area (Å²) in [5, 5.41) is 3.81. The normalized spacial score (nSPS) is 16.8. The van der Waals surface area contributed by atoms with Crippen LogP contribution in [-0.2, 0) is 6.54 Å². The van der Waals surface area contributed by atoms with Crippen molar-refractivity contribution in [2.24, 2.45) is 5.92 Å². The maximum absolute atomic E-state index is 4.55. The van der Waals surface area contributed by atoms with Gasteiger partial charge >= 0.3 is 0 Å². The molecule has 0 saturated heterocycles. The zero-order valence-electron chi connectivity index (χ0n) is 15.7. The van der Waals surface area contributed by atoms with Gasteiger partial charge in [-0.2, -0.15) is 0 Å². The number of aryl methyl sites for hydroxylation is 2. The molecule has 5 nitrogen and oxygen atoms in total. The van der Waals surface area contributed by atoms with E-state index in [1.54, 1.807) is 0 Å². The molecule has 0 amide bonds. The molecule has 4 rings (SSSR count). The van der Waals surface area contributed by atoms with E-state index in [1.165, 1.54) is 43.4 Å². The summed E-state index contributed by atoms with van der Waals surface area (Å²) in [4.78, 5) is 13.4. The summed E-state index contributed by atoms with van der Waals surface area (Å²) in [6, 6.07) is 6.69. The van der Waals surface area contributed by atoms with Crippen LogP contribution >= 0.6 is 0 Å². The molecule has 0 radical (unpaired) electrons.